The van der Waals surface area contributed by atoms with E-state index in [1.807, 2.05) is 0 Å². The molecule has 6 heteroatoms. The number of aromatic nitrogens is 1. The van der Waals surface area contributed by atoms with E-state index in [2.05, 4.69) is 4.98 Å². The van der Waals surface area contributed by atoms with Gasteiger partial charge in [-0.05, 0) is 18.6 Å². The van der Waals surface area contributed by atoms with Crippen molar-refractivity contribution in [2.24, 2.45) is 0 Å². The smallest absolute Gasteiger partial charge is 0.259 e. The van der Waals surface area contributed by atoms with E-state index in [0.29, 0.717) is 30.3 Å². The van der Waals surface area contributed by atoms with Crippen LogP contribution in [0.1, 0.15) is 16.8 Å². The molecule has 2 heterocycles. The molecule has 1 atom stereocenters. The number of rotatable bonds is 2. The van der Waals surface area contributed by atoms with Crippen molar-refractivity contribution in [3.05, 3.63) is 23.9 Å². The summed E-state index contributed by atoms with van der Waals surface area (Å²) in [6.07, 6.45) is 2.24. The van der Waals surface area contributed by atoms with Gasteiger partial charge in [0, 0.05) is 19.1 Å². The van der Waals surface area contributed by atoms with Gasteiger partial charge in [-0.25, -0.2) is 4.98 Å². The molecule has 0 saturated carbocycles. The van der Waals surface area contributed by atoms with Crippen LogP contribution in [0.5, 0.6) is 5.88 Å². The third-order valence-electron chi connectivity index (χ3n) is 2.54. The normalized spacial score (nSPS) is 18.8. The number of ether oxygens (including phenoxy) is 1. The van der Waals surface area contributed by atoms with Crippen molar-refractivity contribution in [3.63, 3.8) is 0 Å². The summed E-state index contributed by atoms with van der Waals surface area (Å²) in [5.41, 5.74) is 0.516. The Morgan fingerprint density at radius 1 is 1.65 bits per heavy atom. The molecule has 0 radical (unpaired) electrons. The Kier molecular flexibility index (Phi) is 5.02. The molecule has 1 aromatic heterocycles. The van der Waals surface area contributed by atoms with E-state index in [4.69, 9.17) is 16.3 Å². The van der Waals surface area contributed by atoms with Crippen LogP contribution in [-0.2, 0) is 0 Å². The zero-order valence-electron chi connectivity index (χ0n) is 9.43. The number of carbonyl (C=O) groups is 1. The van der Waals surface area contributed by atoms with E-state index in [1.54, 1.807) is 30.3 Å². The summed E-state index contributed by atoms with van der Waals surface area (Å²) in [6, 6.07) is 3.46. The molecule has 0 bridgehead atoms. The quantitative estimate of drug-likeness (QED) is 0.776. The number of nitrogens with zero attached hydrogens (tertiary/aromatic N) is 2. The molecule has 94 valence electrons. The monoisotopic (exact) mass is 276 g/mol. The van der Waals surface area contributed by atoms with Gasteiger partial charge in [-0.2, -0.15) is 0 Å². The summed E-state index contributed by atoms with van der Waals surface area (Å²) in [6.45, 7) is 0.544. The topological polar surface area (TPSA) is 42.4 Å². The first-order valence-corrected chi connectivity index (χ1v) is 5.69. The molecule has 1 aliphatic rings. The first-order valence-electron chi connectivity index (χ1n) is 5.15. The van der Waals surface area contributed by atoms with Gasteiger partial charge in [-0.3, -0.25) is 4.79 Å². The fourth-order valence-corrected chi connectivity index (χ4v) is 1.95. The lowest BCUT2D eigenvalue weighted by molar-refractivity contribution is 0.0758. The fraction of sp³-hybridized carbons (Fsp3) is 0.455. The van der Waals surface area contributed by atoms with E-state index in [0.717, 1.165) is 0 Å². The highest BCUT2D eigenvalue weighted by atomic mass is 35.5. The van der Waals surface area contributed by atoms with Crippen molar-refractivity contribution in [1.29, 1.82) is 0 Å². The maximum atomic E-state index is 12.0. The predicted octanol–water partition coefficient (Wildman–Crippen LogP) is 1.97. The standard InChI is InChI=1S/C11H13ClN2O2.ClH/c1-14-7-8(4-5-12)16-10-9(11(14)15)3-2-6-13-10;/h2-3,6,8H,4-5,7H2,1H3;1H/t8-;/m0./s1. The van der Waals surface area contributed by atoms with Crippen molar-refractivity contribution >= 4 is 29.9 Å². The van der Waals surface area contributed by atoms with Crippen LogP contribution < -0.4 is 4.74 Å². The number of carbonyl (C=O) groups excluding carboxylic acids is 1. The van der Waals surface area contributed by atoms with Crippen LogP contribution in [0.4, 0.5) is 0 Å². The number of hydrogen-bond acceptors (Lipinski definition) is 3. The Morgan fingerprint density at radius 3 is 3.12 bits per heavy atom. The van der Waals surface area contributed by atoms with E-state index in [9.17, 15) is 4.79 Å². The van der Waals surface area contributed by atoms with Gasteiger partial charge in [0.25, 0.3) is 5.91 Å². The summed E-state index contributed by atoms with van der Waals surface area (Å²) in [5.74, 6) is 0.863. The van der Waals surface area contributed by atoms with Gasteiger partial charge in [0.2, 0.25) is 5.88 Å². The van der Waals surface area contributed by atoms with Crippen molar-refractivity contribution in [3.8, 4) is 5.88 Å². The minimum absolute atomic E-state index is 0. The Bertz CT molecular complexity index is 401. The van der Waals surface area contributed by atoms with Crippen LogP contribution >= 0.6 is 24.0 Å². The maximum absolute atomic E-state index is 12.0. The molecule has 1 amide bonds. The van der Waals surface area contributed by atoms with Gasteiger partial charge < -0.3 is 9.64 Å². The lowest BCUT2D eigenvalue weighted by Gasteiger charge is -2.19. The van der Waals surface area contributed by atoms with E-state index >= 15 is 0 Å². The van der Waals surface area contributed by atoms with Crippen molar-refractivity contribution in [2.75, 3.05) is 19.5 Å². The highest BCUT2D eigenvalue weighted by molar-refractivity contribution is 6.17. The average molecular weight is 277 g/mol. The molecule has 4 nitrogen and oxygen atoms in total. The van der Waals surface area contributed by atoms with Crippen LogP contribution in [0.25, 0.3) is 0 Å². The number of alkyl halides is 1. The van der Waals surface area contributed by atoms with Crippen LogP contribution in [0.2, 0.25) is 0 Å². The largest absolute Gasteiger partial charge is 0.472 e. The molecule has 0 aromatic carbocycles. The van der Waals surface area contributed by atoms with Gasteiger partial charge in [-0.15, -0.1) is 24.0 Å². The van der Waals surface area contributed by atoms with Gasteiger partial charge in [0.15, 0.2) is 0 Å². The number of likely N-dealkylation sites (N-methyl/N-ethyl adjacent to an activating group) is 1. The summed E-state index contributed by atoms with van der Waals surface area (Å²) >= 11 is 5.70. The number of amides is 1. The van der Waals surface area contributed by atoms with Crippen molar-refractivity contribution in [1.82, 2.24) is 9.88 Å². The zero-order chi connectivity index (χ0) is 11.5. The third-order valence-corrected chi connectivity index (χ3v) is 2.75. The second-order valence-electron chi connectivity index (χ2n) is 3.76. The minimum Gasteiger partial charge on any atom is -0.472 e. The predicted molar refractivity (Wildman–Crippen MR) is 68.2 cm³/mol. The van der Waals surface area contributed by atoms with Gasteiger partial charge >= 0.3 is 0 Å². The summed E-state index contributed by atoms with van der Waals surface area (Å²) in [5, 5.41) is 0. The van der Waals surface area contributed by atoms with E-state index in [-0.39, 0.29) is 24.4 Å². The zero-order valence-corrected chi connectivity index (χ0v) is 11.0. The highest BCUT2D eigenvalue weighted by Gasteiger charge is 2.26. The number of fused-ring (bicyclic) bond motifs is 1. The lowest BCUT2D eigenvalue weighted by atomic mass is 10.2. The average Bonchev–Trinajstić information content (AvgIpc) is 2.39. The molecule has 17 heavy (non-hydrogen) atoms. The minimum atomic E-state index is -0.0809. The fourth-order valence-electron chi connectivity index (χ4n) is 1.71. The molecule has 0 spiro atoms. The number of pyridine rings is 1. The van der Waals surface area contributed by atoms with Crippen molar-refractivity contribution < 1.29 is 9.53 Å². The summed E-state index contributed by atoms with van der Waals surface area (Å²) in [7, 11) is 1.76. The third kappa shape index (κ3) is 3.01. The first kappa shape index (κ1) is 14.1. The van der Waals surface area contributed by atoms with E-state index in [1.165, 1.54) is 0 Å². The maximum Gasteiger partial charge on any atom is 0.259 e. The van der Waals surface area contributed by atoms with E-state index < -0.39 is 0 Å². The van der Waals surface area contributed by atoms with Gasteiger partial charge in [0.05, 0.1) is 6.54 Å². The molecule has 1 aliphatic heterocycles. The summed E-state index contributed by atoms with van der Waals surface area (Å²) < 4.78 is 5.68. The SMILES string of the molecule is CN1C[C@H](CCCl)Oc2ncccc2C1=O.Cl. The summed E-state index contributed by atoms with van der Waals surface area (Å²) in [4.78, 5) is 17.7. The molecule has 0 aliphatic carbocycles. The number of hydrogen-bond donors (Lipinski definition) is 0. The second-order valence-corrected chi connectivity index (χ2v) is 4.14. The Balaban J connectivity index is 0.00000144. The molecule has 0 saturated heterocycles. The molecule has 0 N–H and O–H groups in total. The Morgan fingerprint density at radius 2 is 2.41 bits per heavy atom. The van der Waals surface area contributed by atoms with Crippen LogP contribution in [0.15, 0.2) is 18.3 Å². The Hall–Kier alpha value is -1.00. The molecular weight excluding hydrogens is 263 g/mol. The lowest BCUT2D eigenvalue weighted by Crippen LogP contribution is -2.34. The first-order chi connectivity index (χ1) is 7.72. The van der Waals surface area contributed by atoms with Crippen LogP contribution in [-0.4, -0.2) is 41.4 Å². The van der Waals surface area contributed by atoms with Crippen LogP contribution in [0, 0.1) is 0 Å². The molecule has 0 unspecified atom stereocenters. The number of halogens is 2. The molecular formula is C11H14Cl2N2O2. The second kappa shape index (κ2) is 6.07. The van der Waals surface area contributed by atoms with Gasteiger partial charge in [-0.1, -0.05) is 0 Å². The van der Waals surface area contributed by atoms with Crippen LogP contribution in [0.3, 0.4) is 0 Å². The highest BCUT2D eigenvalue weighted by Crippen LogP contribution is 2.22. The van der Waals surface area contributed by atoms with Crippen molar-refractivity contribution in [2.45, 2.75) is 12.5 Å². The van der Waals surface area contributed by atoms with Gasteiger partial charge in [0.1, 0.15) is 11.7 Å². The molecule has 2 rings (SSSR count). The molecule has 0 fully saturated rings. The molecule has 1 aromatic rings. The Labute approximate surface area is 111 Å².